The third-order valence-electron chi connectivity index (χ3n) is 3.75. The quantitative estimate of drug-likeness (QED) is 0.477. The first kappa shape index (κ1) is 16.3. The predicted octanol–water partition coefficient (Wildman–Crippen LogP) is 3.84. The van der Waals surface area contributed by atoms with Crippen LogP contribution in [0.4, 0.5) is 0 Å². The molecule has 26 heavy (non-hydrogen) atoms. The molecule has 4 rings (SSSR count). The molecule has 0 saturated heterocycles. The van der Waals surface area contributed by atoms with Gasteiger partial charge in [0.2, 0.25) is 0 Å². The van der Waals surface area contributed by atoms with E-state index in [0.29, 0.717) is 17.2 Å². The van der Waals surface area contributed by atoms with E-state index in [4.69, 9.17) is 18.3 Å². The van der Waals surface area contributed by atoms with Crippen LogP contribution in [-0.2, 0) is 22.6 Å². The molecule has 0 atom stereocenters. The molecule has 7 nitrogen and oxygen atoms in total. The van der Waals surface area contributed by atoms with Crippen LogP contribution in [0.25, 0.3) is 21.7 Å². The Bertz CT molecular complexity index is 1040. The summed E-state index contributed by atoms with van der Waals surface area (Å²) in [5.74, 6) is 0.961. The van der Waals surface area contributed by atoms with E-state index in [2.05, 4.69) is 10.2 Å². The summed E-state index contributed by atoms with van der Waals surface area (Å²) in [4.78, 5) is 13.0. The van der Waals surface area contributed by atoms with E-state index in [1.165, 1.54) is 11.3 Å². The molecule has 0 bridgehead atoms. The molecule has 132 valence electrons. The van der Waals surface area contributed by atoms with E-state index in [1.54, 1.807) is 19.4 Å². The minimum absolute atomic E-state index is 0.0686. The van der Waals surface area contributed by atoms with Crippen molar-refractivity contribution in [1.82, 2.24) is 10.2 Å². The molecule has 8 heteroatoms. The van der Waals surface area contributed by atoms with Crippen molar-refractivity contribution in [2.75, 3.05) is 7.11 Å². The summed E-state index contributed by atoms with van der Waals surface area (Å²) in [7, 11) is 1.59. The lowest BCUT2D eigenvalue weighted by atomic mass is 10.1. The van der Waals surface area contributed by atoms with Crippen molar-refractivity contribution >= 4 is 28.3 Å². The number of benzene rings is 1. The van der Waals surface area contributed by atoms with Crippen molar-refractivity contribution in [2.45, 2.75) is 13.0 Å². The normalized spacial score (nSPS) is 11.0. The zero-order valence-corrected chi connectivity index (χ0v) is 14.6. The Morgan fingerprint density at radius 1 is 1.27 bits per heavy atom. The lowest BCUT2D eigenvalue weighted by molar-refractivity contribution is -0.144. The Kier molecular flexibility index (Phi) is 4.40. The van der Waals surface area contributed by atoms with Gasteiger partial charge >= 0.3 is 5.97 Å². The van der Waals surface area contributed by atoms with E-state index in [0.717, 1.165) is 15.8 Å². The van der Waals surface area contributed by atoms with Crippen LogP contribution in [0.15, 0.2) is 50.8 Å². The van der Waals surface area contributed by atoms with Gasteiger partial charge in [-0.1, -0.05) is 6.07 Å². The van der Waals surface area contributed by atoms with Crippen LogP contribution < -0.4 is 4.74 Å². The second-order valence-electron chi connectivity index (χ2n) is 5.44. The maximum atomic E-state index is 12.1. The Labute approximate surface area is 152 Å². The first-order valence-corrected chi connectivity index (χ1v) is 8.67. The standard InChI is InChI=1S/C18H14N2O5S/c1-22-12-4-5-13-11(9-23-14(13)8-12)7-17(21)24-10-16-19-20-18(25-16)15-3-2-6-26-15/h2-6,8-9H,7,10H2,1H3. The molecule has 4 aromatic rings. The van der Waals surface area contributed by atoms with Gasteiger partial charge in [-0.2, -0.15) is 0 Å². The van der Waals surface area contributed by atoms with Gasteiger partial charge in [0.1, 0.15) is 11.3 Å². The molecule has 1 aromatic carbocycles. The molecule has 0 spiro atoms. The summed E-state index contributed by atoms with van der Waals surface area (Å²) in [6.07, 6.45) is 1.64. The molecular formula is C18H14N2O5S. The monoisotopic (exact) mass is 370 g/mol. The van der Waals surface area contributed by atoms with Gasteiger partial charge in [-0.05, 0) is 23.6 Å². The third-order valence-corrected chi connectivity index (χ3v) is 4.61. The molecule has 3 heterocycles. The summed E-state index contributed by atoms with van der Waals surface area (Å²) in [5, 5.41) is 10.6. The molecule has 0 saturated carbocycles. The van der Waals surface area contributed by atoms with Gasteiger partial charge in [0.15, 0.2) is 6.61 Å². The molecule has 0 aliphatic carbocycles. The molecule has 0 aliphatic heterocycles. The molecule has 0 amide bonds. The highest BCUT2D eigenvalue weighted by atomic mass is 32.1. The van der Waals surface area contributed by atoms with Crippen molar-refractivity contribution in [2.24, 2.45) is 0 Å². The summed E-state index contributed by atoms with van der Waals surface area (Å²) >= 11 is 1.50. The lowest BCUT2D eigenvalue weighted by Crippen LogP contribution is -2.07. The Morgan fingerprint density at radius 3 is 3.00 bits per heavy atom. The van der Waals surface area contributed by atoms with E-state index in [9.17, 15) is 4.79 Å². The fraction of sp³-hybridized carbons (Fsp3) is 0.167. The number of fused-ring (bicyclic) bond motifs is 1. The summed E-state index contributed by atoms with van der Waals surface area (Å²) in [6.45, 7) is -0.0686. The highest BCUT2D eigenvalue weighted by Crippen LogP contribution is 2.26. The number of hydrogen-bond acceptors (Lipinski definition) is 8. The molecule has 3 aromatic heterocycles. The predicted molar refractivity (Wildman–Crippen MR) is 93.9 cm³/mol. The zero-order valence-electron chi connectivity index (χ0n) is 13.8. The van der Waals surface area contributed by atoms with Gasteiger partial charge in [-0.15, -0.1) is 21.5 Å². The first-order chi connectivity index (χ1) is 12.7. The van der Waals surface area contributed by atoms with Crippen molar-refractivity contribution in [3.8, 4) is 16.5 Å². The Morgan fingerprint density at radius 2 is 2.19 bits per heavy atom. The molecule has 0 radical (unpaired) electrons. The maximum Gasteiger partial charge on any atom is 0.310 e. The van der Waals surface area contributed by atoms with Gasteiger partial charge in [0.25, 0.3) is 11.8 Å². The van der Waals surface area contributed by atoms with Crippen molar-refractivity contribution in [1.29, 1.82) is 0 Å². The van der Waals surface area contributed by atoms with E-state index in [1.807, 2.05) is 29.6 Å². The van der Waals surface area contributed by atoms with Gasteiger partial charge in [-0.25, -0.2) is 0 Å². The van der Waals surface area contributed by atoms with Gasteiger partial charge < -0.3 is 18.3 Å². The van der Waals surface area contributed by atoms with Crippen LogP contribution in [-0.4, -0.2) is 23.3 Å². The number of methoxy groups -OCH3 is 1. The number of nitrogens with zero attached hydrogens (tertiary/aromatic N) is 2. The minimum atomic E-state index is -0.403. The van der Waals surface area contributed by atoms with Gasteiger partial charge in [0.05, 0.1) is 24.7 Å². The van der Waals surface area contributed by atoms with Crippen molar-refractivity contribution in [3.05, 3.63) is 53.4 Å². The number of carbonyl (C=O) groups is 1. The van der Waals surface area contributed by atoms with Crippen LogP contribution in [0, 0.1) is 0 Å². The van der Waals surface area contributed by atoms with Gasteiger partial charge in [-0.3, -0.25) is 4.79 Å². The van der Waals surface area contributed by atoms with Crippen LogP contribution in [0.1, 0.15) is 11.5 Å². The second kappa shape index (κ2) is 7.01. The van der Waals surface area contributed by atoms with Gasteiger partial charge in [0, 0.05) is 17.0 Å². The number of thiophene rings is 1. The number of esters is 1. The number of aromatic nitrogens is 2. The van der Waals surface area contributed by atoms with Crippen LogP contribution >= 0.6 is 11.3 Å². The molecule has 0 aliphatic rings. The Hall–Kier alpha value is -3.13. The third kappa shape index (κ3) is 3.31. The van der Waals surface area contributed by atoms with E-state index < -0.39 is 5.97 Å². The fourth-order valence-electron chi connectivity index (χ4n) is 2.49. The SMILES string of the molecule is COc1ccc2c(CC(=O)OCc3nnc(-c4cccs4)o3)coc2c1. The highest BCUT2D eigenvalue weighted by Gasteiger charge is 2.15. The van der Waals surface area contributed by atoms with Crippen LogP contribution in [0.5, 0.6) is 5.75 Å². The molecule has 0 fully saturated rings. The Balaban J connectivity index is 1.38. The average Bonchev–Trinajstić information content (AvgIpc) is 3.40. The lowest BCUT2D eigenvalue weighted by Gasteiger charge is -2.01. The summed E-state index contributed by atoms with van der Waals surface area (Å²) in [6, 6.07) is 9.22. The molecule has 0 unspecified atom stereocenters. The molecule has 0 N–H and O–H groups in total. The number of furan rings is 1. The smallest absolute Gasteiger partial charge is 0.310 e. The minimum Gasteiger partial charge on any atom is -0.497 e. The van der Waals surface area contributed by atoms with E-state index >= 15 is 0 Å². The maximum absolute atomic E-state index is 12.1. The van der Waals surface area contributed by atoms with E-state index in [-0.39, 0.29) is 18.9 Å². The first-order valence-electron chi connectivity index (χ1n) is 7.79. The second-order valence-corrected chi connectivity index (χ2v) is 6.39. The van der Waals surface area contributed by atoms with Crippen molar-refractivity contribution < 1.29 is 23.1 Å². The number of rotatable bonds is 6. The summed E-state index contributed by atoms with van der Waals surface area (Å²) < 4.78 is 21.3. The largest absolute Gasteiger partial charge is 0.497 e. The van der Waals surface area contributed by atoms with Crippen LogP contribution in [0.2, 0.25) is 0 Å². The zero-order chi connectivity index (χ0) is 17.9. The van der Waals surface area contributed by atoms with Crippen LogP contribution in [0.3, 0.4) is 0 Å². The van der Waals surface area contributed by atoms with Crippen molar-refractivity contribution in [3.63, 3.8) is 0 Å². The average molecular weight is 370 g/mol. The number of carbonyl (C=O) groups excluding carboxylic acids is 1. The topological polar surface area (TPSA) is 87.6 Å². The molecular weight excluding hydrogens is 356 g/mol. The number of ether oxygens (including phenoxy) is 2. The number of hydrogen-bond donors (Lipinski definition) is 0. The highest BCUT2D eigenvalue weighted by molar-refractivity contribution is 7.13. The fourth-order valence-corrected chi connectivity index (χ4v) is 3.13. The summed E-state index contributed by atoms with van der Waals surface area (Å²) in [5.41, 5.74) is 1.40.